The molecule has 0 unspecified atom stereocenters. The molecule has 0 amide bonds. The third-order valence-electron chi connectivity index (χ3n) is 3.45. The van der Waals surface area contributed by atoms with Gasteiger partial charge in [-0.15, -0.1) is 0 Å². The van der Waals surface area contributed by atoms with Crippen LogP contribution in [-0.2, 0) is 13.0 Å². The van der Waals surface area contributed by atoms with Crippen molar-refractivity contribution in [1.82, 2.24) is 9.55 Å². The lowest BCUT2D eigenvalue weighted by molar-refractivity contribution is 0.822. The fourth-order valence-electron chi connectivity index (χ4n) is 2.57. The minimum absolute atomic E-state index is 0.639. The second-order valence-corrected chi connectivity index (χ2v) is 6.35. The maximum absolute atomic E-state index is 6.15. The van der Waals surface area contributed by atoms with Crippen molar-refractivity contribution in [2.24, 2.45) is 5.73 Å². The number of hydrogen-bond donors (Lipinski definition) is 1. The van der Waals surface area contributed by atoms with Gasteiger partial charge in [0, 0.05) is 40.0 Å². The van der Waals surface area contributed by atoms with Crippen molar-refractivity contribution >= 4 is 38.4 Å². The van der Waals surface area contributed by atoms with E-state index in [1.165, 1.54) is 10.9 Å². The molecule has 0 radical (unpaired) electrons. The first-order chi connectivity index (χ1) is 10.2. The molecule has 3 nitrogen and oxygen atoms in total. The number of rotatable bonds is 4. The molecular formula is C16H15BrClN3. The molecule has 2 N–H and O–H groups in total. The van der Waals surface area contributed by atoms with Gasteiger partial charge in [0.1, 0.15) is 0 Å². The quantitative estimate of drug-likeness (QED) is 0.760. The van der Waals surface area contributed by atoms with Gasteiger partial charge in [-0.1, -0.05) is 17.7 Å². The Morgan fingerprint density at radius 3 is 2.86 bits per heavy atom. The highest BCUT2D eigenvalue weighted by Gasteiger charge is 2.09. The number of hydrogen-bond acceptors (Lipinski definition) is 2. The van der Waals surface area contributed by atoms with Crippen LogP contribution in [0.25, 0.3) is 10.9 Å². The van der Waals surface area contributed by atoms with Gasteiger partial charge < -0.3 is 10.3 Å². The molecule has 2 heterocycles. The fourth-order valence-corrected chi connectivity index (χ4v) is 3.14. The molecule has 3 aromatic rings. The summed E-state index contributed by atoms with van der Waals surface area (Å²) in [7, 11) is 0. The van der Waals surface area contributed by atoms with Crippen molar-refractivity contribution in [3.63, 3.8) is 0 Å². The zero-order valence-corrected chi connectivity index (χ0v) is 13.7. The Bertz CT molecular complexity index is 782. The second kappa shape index (κ2) is 6.18. The van der Waals surface area contributed by atoms with Crippen LogP contribution in [0.3, 0.4) is 0 Å². The lowest BCUT2D eigenvalue weighted by atomic mass is 10.1. The average molecular weight is 365 g/mol. The molecule has 2 aromatic heterocycles. The summed E-state index contributed by atoms with van der Waals surface area (Å²) in [6, 6.07) is 8.07. The van der Waals surface area contributed by atoms with Crippen molar-refractivity contribution in [2.75, 3.05) is 6.54 Å². The molecule has 1 aromatic carbocycles. The van der Waals surface area contributed by atoms with Crippen LogP contribution in [0.4, 0.5) is 0 Å². The molecule has 3 rings (SSSR count). The minimum Gasteiger partial charge on any atom is -0.343 e. The summed E-state index contributed by atoms with van der Waals surface area (Å²) in [6.45, 7) is 1.40. The molecule has 0 atom stereocenters. The van der Waals surface area contributed by atoms with Crippen LogP contribution in [0, 0.1) is 0 Å². The van der Waals surface area contributed by atoms with E-state index in [4.69, 9.17) is 17.3 Å². The zero-order chi connectivity index (χ0) is 14.8. The number of nitrogens with two attached hydrogens (primary N) is 1. The molecule has 21 heavy (non-hydrogen) atoms. The summed E-state index contributed by atoms with van der Waals surface area (Å²) in [4.78, 5) is 4.21. The average Bonchev–Trinajstić information content (AvgIpc) is 2.77. The van der Waals surface area contributed by atoms with Gasteiger partial charge >= 0.3 is 0 Å². The third kappa shape index (κ3) is 3.12. The summed E-state index contributed by atoms with van der Waals surface area (Å²) < 4.78 is 3.19. The molecule has 5 heteroatoms. The predicted octanol–water partition coefficient (Wildman–Crippen LogP) is 4.00. The molecule has 108 valence electrons. The first kappa shape index (κ1) is 14.6. The van der Waals surface area contributed by atoms with E-state index in [1.807, 2.05) is 18.3 Å². The zero-order valence-electron chi connectivity index (χ0n) is 11.4. The molecule has 0 aliphatic rings. The van der Waals surface area contributed by atoms with Crippen LogP contribution in [0.15, 0.2) is 47.3 Å². The first-order valence-electron chi connectivity index (χ1n) is 6.74. The summed E-state index contributed by atoms with van der Waals surface area (Å²) in [5.74, 6) is 0. The molecule has 0 fully saturated rings. The summed E-state index contributed by atoms with van der Waals surface area (Å²) in [6.07, 6.45) is 6.69. The highest BCUT2D eigenvalue weighted by molar-refractivity contribution is 9.10. The van der Waals surface area contributed by atoms with E-state index in [0.717, 1.165) is 33.5 Å². The Kier molecular flexibility index (Phi) is 4.29. The lowest BCUT2D eigenvalue weighted by Crippen LogP contribution is -2.02. The molecule has 0 spiro atoms. The van der Waals surface area contributed by atoms with E-state index in [2.05, 4.69) is 43.8 Å². The molecule has 0 saturated carbocycles. The van der Waals surface area contributed by atoms with Crippen LogP contribution in [0.1, 0.15) is 11.1 Å². The van der Waals surface area contributed by atoms with Crippen molar-refractivity contribution < 1.29 is 0 Å². The van der Waals surface area contributed by atoms with Crippen molar-refractivity contribution in [3.8, 4) is 0 Å². The highest BCUT2D eigenvalue weighted by atomic mass is 79.9. The summed E-state index contributed by atoms with van der Waals surface area (Å²) in [5.41, 5.74) is 9.24. The molecular weight excluding hydrogens is 350 g/mol. The van der Waals surface area contributed by atoms with Crippen LogP contribution in [0.2, 0.25) is 5.02 Å². The number of aromatic nitrogens is 2. The van der Waals surface area contributed by atoms with E-state index in [9.17, 15) is 0 Å². The number of halogens is 2. The van der Waals surface area contributed by atoms with Gasteiger partial charge in [-0.2, -0.15) is 0 Å². The molecule has 0 aliphatic heterocycles. The lowest BCUT2D eigenvalue weighted by Gasteiger charge is -2.06. The number of benzene rings is 1. The Hall–Kier alpha value is -1.36. The monoisotopic (exact) mass is 363 g/mol. The van der Waals surface area contributed by atoms with Crippen molar-refractivity contribution in [1.29, 1.82) is 0 Å². The van der Waals surface area contributed by atoms with Gasteiger partial charge in [-0.25, -0.2) is 0 Å². The Labute approximate surface area is 136 Å². The van der Waals surface area contributed by atoms with E-state index < -0.39 is 0 Å². The van der Waals surface area contributed by atoms with Gasteiger partial charge in [0.15, 0.2) is 0 Å². The molecule has 0 saturated heterocycles. The molecule has 0 aliphatic carbocycles. The van der Waals surface area contributed by atoms with E-state index >= 15 is 0 Å². The summed E-state index contributed by atoms with van der Waals surface area (Å²) >= 11 is 9.60. The van der Waals surface area contributed by atoms with Gasteiger partial charge in [0.2, 0.25) is 0 Å². The van der Waals surface area contributed by atoms with Crippen LogP contribution < -0.4 is 5.73 Å². The topological polar surface area (TPSA) is 43.8 Å². The van der Waals surface area contributed by atoms with Crippen molar-refractivity contribution in [3.05, 3.63) is 63.5 Å². The van der Waals surface area contributed by atoms with Crippen LogP contribution in [-0.4, -0.2) is 16.1 Å². The summed E-state index contributed by atoms with van der Waals surface area (Å²) in [5, 5.41) is 1.96. The fraction of sp³-hybridized carbons (Fsp3) is 0.188. The van der Waals surface area contributed by atoms with Gasteiger partial charge in [0.05, 0.1) is 5.52 Å². The van der Waals surface area contributed by atoms with E-state index in [1.54, 1.807) is 6.20 Å². The first-order valence-corrected chi connectivity index (χ1v) is 7.91. The van der Waals surface area contributed by atoms with E-state index in [-0.39, 0.29) is 0 Å². The minimum atomic E-state index is 0.639. The standard InChI is InChI=1S/C16H15BrClN3/c17-13-5-11(7-20-8-13)9-21-10-12(3-4-19)15-2-1-14(18)6-16(15)21/h1-2,5-8,10H,3-4,9,19H2. The van der Waals surface area contributed by atoms with Gasteiger partial charge in [0.25, 0.3) is 0 Å². The van der Waals surface area contributed by atoms with E-state index in [0.29, 0.717) is 6.54 Å². The Morgan fingerprint density at radius 1 is 1.24 bits per heavy atom. The Morgan fingerprint density at radius 2 is 2.10 bits per heavy atom. The van der Waals surface area contributed by atoms with Gasteiger partial charge in [-0.3, -0.25) is 4.98 Å². The number of nitrogens with zero attached hydrogens (tertiary/aromatic N) is 2. The van der Waals surface area contributed by atoms with Crippen molar-refractivity contribution in [2.45, 2.75) is 13.0 Å². The number of fused-ring (bicyclic) bond motifs is 1. The third-order valence-corrected chi connectivity index (χ3v) is 4.12. The SMILES string of the molecule is NCCc1cn(Cc2cncc(Br)c2)c2cc(Cl)ccc12. The Balaban J connectivity index is 2.06. The van der Waals surface area contributed by atoms with Gasteiger partial charge in [-0.05, 0) is 58.2 Å². The maximum Gasteiger partial charge on any atom is 0.0501 e. The second-order valence-electron chi connectivity index (χ2n) is 4.99. The predicted molar refractivity (Wildman–Crippen MR) is 90.7 cm³/mol. The largest absolute Gasteiger partial charge is 0.343 e. The highest BCUT2D eigenvalue weighted by Crippen LogP contribution is 2.26. The maximum atomic E-state index is 6.15. The number of pyridine rings is 1. The van der Waals surface area contributed by atoms with Crippen LogP contribution >= 0.6 is 27.5 Å². The smallest absolute Gasteiger partial charge is 0.0501 e. The normalized spacial score (nSPS) is 11.2. The van der Waals surface area contributed by atoms with Crippen LogP contribution in [0.5, 0.6) is 0 Å². The molecule has 0 bridgehead atoms.